The summed E-state index contributed by atoms with van der Waals surface area (Å²) >= 11 is 0. The number of para-hydroxylation sites is 5. The van der Waals surface area contributed by atoms with E-state index in [1.165, 1.54) is 60.3 Å². The van der Waals surface area contributed by atoms with Gasteiger partial charge in [-0.15, -0.1) is 0 Å². The van der Waals surface area contributed by atoms with Crippen molar-refractivity contribution >= 4 is 94.5 Å². The van der Waals surface area contributed by atoms with Crippen LogP contribution in [0.1, 0.15) is 44.0 Å². The van der Waals surface area contributed by atoms with Gasteiger partial charge in [0.05, 0.1) is 27.9 Å². The maximum Gasteiger partial charge on any atom is 0.0620 e. The second-order valence-electron chi connectivity index (χ2n) is 19.7. The molecule has 1 aliphatic carbocycles. The van der Waals surface area contributed by atoms with Crippen molar-refractivity contribution in [2.75, 3.05) is 9.80 Å². The van der Waals surface area contributed by atoms with Gasteiger partial charge in [0.1, 0.15) is 0 Å². The average Bonchev–Trinajstić information content (AvgIpc) is 3.93. The summed E-state index contributed by atoms with van der Waals surface area (Å²) in [4.78, 5) is 5.00. The smallest absolute Gasteiger partial charge is 0.0620 e. The van der Waals surface area contributed by atoms with Crippen LogP contribution in [0.3, 0.4) is 0 Å². The highest BCUT2D eigenvalue weighted by molar-refractivity contribution is 6.23. The van der Waals surface area contributed by atoms with Crippen molar-refractivity contribution < 1.29 is 0 Å². The number of benzene rings is 10. The molecule has 10 aromatic carbocycles. The van der Waals surface area contributed by atoms with Crippen LogP contribution in [-0.2, 0) is 11.8 Å². The van der Waals surface area contributed by atoms with Crippen LogP contribution in [0.15, 0.2) is 231 Å². The average molecular weight is 901 g/mol. The van der Waals surface area contributed by atoms with Gasteiger partial charge in [-0.1, -0.05) is 166 Å². The van der Waals surface area contributed by atoms with Crippen molar-refractivity contribution in [1.82, 2.24) is 9.13 Å². The molecule has 336 valence electrons. The maximum absolute atomic E-state index is 2.50. The molecule has 0 amide bonds. The van der Waals surface area contributed by atoms with Crippen LogP contribution < -0.4 is 9.80 Å². The fourth-order valence-electron chi connectivity index (χ4n) is 11.3. The molecule has 1 aliphatic rings. The Kier molecular flexibility index (Phi) is 9.84. The lowest BCUT2D eigenvalue weighted by Crippen LogP contribution is -2.16. The number of aryl methyl sites for hydroxylation is 1. The second-order valence-corrected chi connectivity index (χ2v) is 19.7. The zero-order valence-corrected chi connectivity index (χ0v) is 39.7. The van der Waals surface area contributed by atoms with Crippen molar-refractivity contribution in [2.24, 2.45) is 0 Å². The number of nitrogens with zero attached hydrogens (tertiary/aromatic N) is 4. The molecule has 0 bridgehead atoms. The molecule has 0 aliphatic heterocycles. The highest BCUT2D eigenvalue weighted by atomic mass is 15.2. The number of hydrogen-bond acceptors (Lipinski definition) is 2. The molecular formula is C66H52N4. The number of allylic oxidation sites excluding steroid dienone is 1. The zero-order valence-electron chi connectivity index (χ0n) is 39.7. The molecule has 0 saturated heterocycles. The summed E-state index contributed by atoms with van der Waals surface area (Å²) < 4.78 is 4.88. The summed E-state index contributed by atoms with van der Waals surface area (Å²) in [5.74, 6) is 0. The third-order valence-corrected chi connectivity index (χ3v) is 14.4. The minimum absolute atomic E-state index is 0.105. The number of anilines is 6. The van der Waals surface area contributed by atoms with E-state index in [-0.39, 0.29) is 5.41 Å². The van der Waals surface area contributed by atoms with E-state index in [4.69, 9.17) is 0 Å². The molecule has 12 aromatic rings. The SMILES string of the molecule is CC(C)(C)c1ccc2c(N(c3ccccc3)c3cccc(-n4c5c(c6ccccc64)CCC=C5)c3)c3ccccc3c(N(c3ccccc3)c3cccc(-n4c5ccccc5c5ccccc54)c3)c2c1. The lowest BCUT2D eigenvalue weighted by atomic mass is 9.84. The Labute approximate surface area is 409 Å². The maximum atomic E-state index is 2.50. The first kappa shape index (κ1) is 41.6. The van der Waals surface area contributed by atoms with Crippen LogP contribution >= 0.6 is 0 Å². The monoisotopic (exact) mass is 900 g/mol. The van der Waals surface area contributed by atoms with Gasteiger partial charge in [-0.05, 0) is 120 Å². The third kappa shape index (κ3) is 6.74. The first-order chi connectivity index (χ1) is 34.4. The van der Waals surface area contributed by atoms with Crippen molar-refractivity contribution in [3.05, 3.63) is 247 Å². The molecule has 2 aromatic heterocycles. The van der Waals surface area contributed by atoms with E-state index in [1.807, 2.05) is 0 Å². The molecule has 2 heterocycles. The van der Waals surface area contributed by atoms with Crippen molar-refractivity contribution in [3.63, 3.8) is 0 Å². The van der Waals surface area contributed by atoms with Gasteiger partial charge in [0, 0.05) is 77.5 Å². The fraction of sp³-hybridized carbons (Fsp3) is 0.0909. The van der Waals surface area contributed by atoms with Crippen LogP contribution in [0.2, 0.25) is 0 Å². The molecule has 13 rings (SSSR count). The summed E-state index contributed by atoms with van der Waals surface area (Å²) in [7, 11) is 0. The Balaban J connectivity index is 1.09. The van der Waals surface area contributed by atoms with E-state index < -0.39 is 0 Å². The molecule has 0 fully saturated rings. The minimum atomic E-state index is -0.105. The molecule has 4 heteroatoms. The van der Waals surface area contributed by atoms with Crippen LogP contribution in [0.25, 0.3) is 71.7 Å². The molecule has 0 atom stereocenters. The Morgan fingerprint density at radius 1 is 0.371 bits per heavy atom. The molecule has 0 N–H and O–H groups in total. The van der Waals surface area contributed by atoms with Crippen molar-refractivity contribution in [1.29, 1.82) is 0 Å². The van der Waals surface area contributed by atoms with Crippen molar-refractivity contribution in [3.8, 4) is 11.4 Å². The Hall–Kier alpha value is -8.60. The van der Waals surface area contributed by atoms with E-state index in [2.05, 4.69) is 276 Å². The van der Waals surface area contributed by atoms with Gasteiger partial charge in [0.2, 0.25) is 0 Å². The molecule has 4 nitrogen and oxygen atoms in total. The number of rotatable bonds is 8. The van der Waals surface area contributed by atoms with Gasteiger partial charge in [-0.3, -0.25) is 0 Å². The number of hydrogen-bond donors (Lipinski definition) is 0. The van der Waals surface area contributed by atoms with Gasteiger partial charge >= 0.3 is 0 Å². The topological polar surface area (TPSA) is 16.3 Å². The number of fused-ring (bicyclic) bond motifs is 8. The van der Waals surface area contributed by atoms with Gasteiger partial charge in [0.25, 0.3) is 0 Å². The van der Waals surface area contributed by atoms with Gasteiger partial charge in [-0.2, -0.15) is 0 Å². The second kappa shape index (κ2) is 16.6. The fourth-order valence-corrected chi connectivity index (χ4v) is 11.3. The Morgan fingerprint density at radius 3 is 1.37 bits per heavy atom. The van der Waals surface area contributed by atoms with Crippen LogP contribution in [0.5, 0.6) is 0 Å². The zero-order chi connectivity index (χ0) is 46.9. The van der Waals surface area contributed by atoms with E-state index in [0.717, 1.165) is 69.1 Å². The number of aromatic nitrogens is 2. The molecule has 0 saturated carbocycles. The van der Waals surface area contributed by atoms with Crippen LogP contribution in [0.4, 0.5) is 34.1 Å². The summed E-state index contributed by atoms with van der Waals surface area (Å²) in [5.41, 5.74) is 16.4. The summed E-state index contributed by atoms with van der Waals surface area (Å²) in [6.07, 6.45) is 6.75. The predicted molar refractivity (Wildman–Crippen MR) is 298 cm³/mol. The molecule has 0 radical (unpaired) electrons. The van der Waals surface area contributed by atoms with E-state index in [1.54, 1.807) is 0 Å². The van der Waals surface area contributed by atoms with E-state index >= 15 is 0 Å². The minimum Gasteiger partial charge on any atom is -0.310 e. The van der Waals surface area contributed by atoms with E-state index in [0.29, 0.717) is 0 Å². The highest BCUT2D eigenvalue weighted by Crippen LogP contribution is 2.52. The summed E-state index contributed by atoms with van der Waals surface area (Å²) in [5, 5.41) is 8.50. The van der Waals surface area contributed by atoms with Crippen LogP contribution in [-0.4, -0.2) is 9.13 Å². The quantitative estimate of drug-likeness (QED) is 0.112. The highest BCUT2D eigenvalue weighted by Gasteiger charge is 2.28. The predicted octanol–water partition coefficient (Wildman–Crippen LogP) is 18.2. The molecular weight excluding hydrogens is 849 g/mol. The molecule has 0 spiro atoms. The molecule has 0 unspecified atom stereocenters. The molecule has 70 heavy (non-hydrogen) atoms. The first-order valence-corrected chi connectivity index (χ1v) is 24.6. The largest absolute Gasteiger partial charge is 0.310 e. The first-order valence-electron chi connectivity index (χ1n) is 24.6. The summed E-state index contributed by atoms with van der Waals surface area (Å²) in [6, 6.07) is 82.8. The van der Waals surface area contributed by atoms with Crippen molar-refractivity contribution in [2.45, 2.75) is 39.0 Å². The third-order valence-electron chi connectivity index (χ3n) is 14.4. The van der Waals surface area contributed by atoms with Gasteiger partial charge in [0.15, 0.2) is 0 Å². The lowest BCUT2D eigenvalue weighted by molar-refractivity contribution is 0.591. The van der Waals surface area contributed by atoms with Gasteiger partial charge in [-0.25, -0.2) is 0 Å². The van der Waals surface area contributed by atoms with E-state index in [9.17, 15) is 0 Å². The summed E-state index contributed by atoms with van der Waals surface area (Å²) in [6.45, 7) is 6.96. The normalized spacial score (nSPS) is 12.6. The Bertz CT molecular complexity index is 3940. The lowest BCUT2D eigenvalue weighted by Gasteiger charge is -2.34. The standard InChI is InChI=1S/C66H52N4/c1-66(2,3)45-40-41-58-59(42-45)65(68(47-24-8-5-9-25-47)49-27-21-29-51(44-49)70-62-38-18-14-32-54(62)55-33-15-19-39-63(55)70)57-35-11-10-34-56(57)64(58)67(46-22-6-4-7-23-46)48-26-20-28-50(43-48)69-60-36-16-12-30-52(60)53-31-13-17-37-61(53)69/h4-12,14-30,32-44H,13,31H2,1-3H3. The van der Waals surface area contributed by atoms with Gasteiger partial charge < -0.3 is 18.9 Å². The van der Waals surface area contributed by atoms with Crippen LogP contribution in [0, 0.1) is 0 Å². The Morgan fingerprint density at radius 2 is 0.814 bits per heavy atom.